The lowest BCUT2D eigenvalue weighted by molar-refractivity contribution is 0.174. The predicted octanol–water partition coefficient (Wildman–Crippen LogP) is 1.82. The first-order valence-corrected chi connectivity index (χ1v) is 9.85. The highest BCUT2D eigenvalue weighted by Crippen LogP contribution is 2.32. The van der Waals surface area contributed by atoms with Gasteiger partial charge in [-0.3, -0.25) is 13.9 Å². The van der Waals surface area contributed by atoms with Crippen molar-refractivity contribution in [3.8, 4) is 11.5 Å². The Labute approximate surface area is 177 Å². The van der Waals surface area contributed by atoms with Crippen LogP contribution < -0.4 is 26.0 Å². The minimum atomic E-state index is -0.401. The average molecular weight is 419 g/mol. The first-order chi connectivity index (χ1) is 15.0. The monoisotopic (exact) mass is 419 g/mol. The first-order valence-electron chi connectivity index (χ1n) is 9.85. The summed E-state index contributed by atoms with van der Waals surface area (Å²) in [4.78, 5) is 30.5. The van der Waals surface area contributed by atoms with Crippen LogP contribution in [-0.4, -0.2) is 25.5 Å². The molecule has 1 N–H and O–H groups in total. The van der Waals surface area contributed by atoms with E-state index in [4.69, 9.17) is 9.47 Å². The van der Waals surface area contributed by atoms with Gasteiger partial charge in [0.2, 0.25) is 12.7 Å². The van der Waals surface area contributed by atoms with Gasteiger partial charge in [-0.2, -0.15) is 4.98 Å². The van der Waals surface area contributed by atoms with E-state index in [0.29, 0.717) is 29.4 Å². The summed E-state index contributed by atoms with van der Waals surface area (Å²) in [5.74, 6) is 1.92. The molecule has 0 fully saturated rings. The Kier molecular flexibility index (Phi) is 4.50. The van der Waals surface area contributed by atoms with Crippen LogP contribution in [0.15, 0.2) is 58.1 Å². The lowest BCUT2D eigenvalue weighted by atomic mass is 10.2. The van der Waals surface area contributed by atoms with Crippen LogP contribution in [0.1, 0.15) is 11.1 Å². The second-order valence-electron chi connectivity index (χ2n) is 7.43. The number of benzene rings is 2. The molecule has 1 aliphatic rings. The minimum absolute atomic E-state index is 0.202. The third-order valence-corrected chi connectivity index (χ3v) is 5.43. The predicted molar refractivity (Wildman–Crippen MR) is 116 cm³/mol. The molecule has 4 aromatic rings. The minimum Gasteiger partial charge on any atom is -0.454 e. The number of nitrogens with one attached hydrogen (secondary N) is 1. The molecule has 0 bridgehead atoms. The Morgan fingerprint density at radius 1 is 0.968 bits per heavy atom. The molecule has 0 spiro atoms. The van der Waals surface area contributed by atoms with Crippen LogP contribution in [0.5, 0.6) is 11.5 Å². The Bertz CT molecular complexity index is 1400. The van der Waals surface area contributed by atoms with Gasteiger partial charge in [0.25, 0.3) is 5.56 Å². The zero-order valence-corrected chi connectivity index (χ0v) is 17.2. The SMILES string of the molecule is Cn1c(NCc2ccc3c(c2)OCO3)nc2c1c(=O)n(Cc1ccccc1)c(=O)n2C. The maximum absolute atomic E-state index is 13.2. The molecule has 2 aromatic heterocycles. The Morgan fingerprint density at radius 2 is 1.74 bits per heavy atom. The fourth-order valence-electron chi connectivity index (χ4n) is 3.74. The summed E-state index contributed by atoms with van der Waals surface area (Å²) in [5.41, 5.74) is 1.80. The molecular weight excluding hydrogens is 398 g/mol. The summed E-state index contributed by atoms with van der Waals surface area (Å²) in [7, 11) is 3.39. The van der Waals surface area contributed by atoms with Crippen molar-refractivity contribution in [2.24, 2.45) is 14.1 Å². The van der Waals surface area contributed by atoms with Crippen LogP contribution in [0.2, 0.25) is 0 Å². The summed E-state index contributed by atoms with van der Waals surface area (Å²) in [6.07, 6.45) is 0. The van der Waals surface area contributed by atoms with Gasteiger partial charge in [-0.1, -0.05) is 36.4 Å². The number of aromatic nitrogens is 4. The molecule has 0 aliphatic carbocycles. The van der Waals surface area contributed by atoms with Crippen molar-refractivity contribution >= 4 is 17.1 Å². The van der Waals surface area contributed by atoms with E-state index in [9.17, 15) is 9.59 Å². The zero-order chi connectivity index (χ0) is 21.5. The Morgan fingerprint density at radius 3 is 2.55 bits per heavy atom. The topological polar surface area (TPSA) is 92.3 Å². The summed E-state index contributed by atoms with van der Waals surface area (Å²) in [6, 6.07) is 15.1. The van der Waals surface area contributed by atoms with Gasteiger partial charge in [-0.25, -0.2) is 4.79 Å². The van der Waals surface area contributed by atoms with Gasteiger partial charge in [0.05, 0.1) is 6.54 Å². The highest BCUT2D eigenvalue weighted by molar-refractivity contribution is 5.74. The van der Waals surface area contributed by atoms with Gasteiger partial charge in [-0.15, -0.1) is 0 Å². The molecular formula is C22H21N5O4. The van der Waals surface area contributed by atoms with Crippen molar-refractivity contribution in [2.45, 2.75) is 13.1 Å². The molecule has 0 atom stereocenters. The summed E-state index contributed by atoms with van der Waals surface area (Å²) in [6.45, 7) is 0.896. The normalized spacial score (nSPS) is 12.5. The molecule has 31 heavy (non-hydrogen) atoms. The second kappa shape index (κ2) is 7.35. The summed E-state index contributed by atoms with van der Waals surface area (Å²) >= 11 is 0. The fraction of sp³-hybridized carbons (Fsp3) is 0.227. The van der Waals surface area contributed by atoms with Gasteiger partial charge >= 0.3 is 5.69 Å². The van der Waals surface area contributed by atoms with Crippen molar-refractivity contribution in [1.82, 2.24) is 18.7 Å². The summed E-state index contributed by atoms with van der Waals surface area (Å²) < 4.78 is 15.1. The number of hydrogen-bond donors (Lipinski definition) is 1. The van der Waals surface area contributed by atoms with Gasteiger partial charge in [0, 0.05) is 20.6 Å². The van der Waals surface area contributed by atoms with Crippen molar-refractivity contribution in [2.75, 3.05) is 12.1 Å². The van der Waals surface area contributed by atoms with Crippen LogP contribution in [0.3, 0.4) is 0 Å². The van der Waals surface area contributed by atoms with E-state index in [1.54, 1.807) is 18.7 Å². The largest absolute Gasteiger partial charge is 0.454 e. The molecule has 9 nitrogen and oxygen atoms in total. The van der Waals surface area contributed by atoms with Crippen LogP contribution >= 0.6 is 0 Å². The smallest absolute Gasteiger partial charge is 0.332 e. The van der Waals surface area contributed by atoms with Crippen molar-refractivity contribution in [3.05, 3.63) is 80.5 Å². The molecule has 9 heteroatoms. The van der Waals surface area contributed by atoms with Gasteiger partial charge in [0.15, 0.2) is 22.7 Å². The van der Waals surface area contributed by atoms with Gasteiger partial charge in [0.1, 0.15) is 0 Å². The molecule has 0 saturated heterocycles. The lowest BCUT2D eigenvalue weighted by Gasteiger charge is -2.09. The zero-order valence-electron chi connectivity index (χ0n) is 17.2. The molecule has 0 radical (unpaired) electrons. The Balaban J connectivity index is 1.50. The third-order valence-electron chi connectivity index (χ3n) is 5.43. The maximum atomic E-state index is 13.2. The molecule has 158 valence electrons. The van der Waals surface area contributed by atoms with Crippen LogP contribution in [0.25, 0.3) is 11.2 Å². The van der Waals surface area contributed by atoms with E-state index in [1.807, 2.05) is 48.5 Å². The third kappa shape index (κ3) is 3.24. The number of nitrogens with zero attached hydrogens (tertiary/aromatic N) is 4. The molecule has 3 heterocycles. The number of fused-ring (bicyclic) bond motifs is 2. The molecule has 2 aromatic carbocycles. The summed E-state index contributed by atoms with van der Waals surface area (Å²) in [5, 5.41) is 3.24. The van der Waals surface area contributed by atoms with Crippen molar-refractivity contribution in [1.29, 1.82) is 0 Å². The lowest BCUT2D eigenvalue weighted by Crippen LogP contribution is -2.39. The number of anilines is 1. The van der Waals surface area contributed by atoms with E-state index < -0.39 is 5.69 Å². The average Bonchev–Trinajstić information content (AvgIpc) is 3.38. The number of hydrogen-bond acceptors (Lipinski definition) is 6. The van der Waals surface area contributed by atoms with Crippen molar-refractivity contribution < 1.29 is 9.47 Å². The standard InChI is InChI=1S/C22H21N5O4/c1-25-18-19(24-21(25)23-11-15-8-9-16-17(10-15)31-13-30-16)26(2)22(29)27(20(18)28)12-14-6-4-3-5-7-14/h3-10H,11-13H2,1-2H3,(H,23,24). The highest BCUT2D eigenvalue weighted by atomic mass is 16.7. The van der Waals surface area contributed by atoms with Crippen LogP contribution in [0, 0.1) is 0 Å². The van der Waals surface area contributed by atoms with E-state index in [1.165, 1.54) is 9.13 Å². The Hall–Kier alpha value is -4.01. The molecule has 0 saturated carbocycles. The quantitative estimate of drug-likeness (QED) is 0.531. The number of imidazole rings is 1. The first kappa shape index (κ1) is 19.0. The number of rotatable bonds is 5. The number of aryl methyl sites for hydroxylation is 2. The molecule has 0 amide bonds. The van der Waals surface area contributed by atoms with Crippen LogP contribution in [0.4, 0.5) is 5.95 Å². The van der Waals surface area contributed by atoms with Crippen LogP contribution in [-0.2, 0) is 27.2 Å². The van der Waals surface area contributed by atoms with E-state index in [0.717, 1.165) is 16.9 Å². The number of ether oxygens (including phenoxy) is 2. The highest BCUT2D eigenvalue weighted by Gasteiger charge is 2.19. The molecule has 0 unspecified atom stereocenters. The van der Waals surface area contributed by atoms with E-state index >= 15 is 0 Å². The van der Waals surface area contributed by atoms with Crippen molar-refractivity contribution in [3.63, 3.8) is 0 Å². The molecule has 1 aliphatic heterocycles. The fourth-order valence-corrected chi connectivity index (χ4v) is 3.74. The maximum Gasteiger partial charge on any atom is 0.332 e. The second-order valence-corrected chi connectivity index (χ2v) is 7.43. The van der Waals surface area contributed by atoms with Gasteiger partial charge < -0.3 is 19.4 Å². The van der Waals surface area contributed by atoms with E-state index in [-0.39, 0.29) is 18.9 Å². The van der Waals surface area contributed by atoms with Gasteiger partial charge in [-0.05, 0) is 23.3 Å². The van der Waals surface area contributed by atoms with E-state index in [2.05, 4.69) is 10.3 Å². The molecule has 5 rings (SSSR count).